The molecule has 0 atom stereocenters. The molecule has 2 heterocycles. The van der Waals surface area contributed by atoms with Gasteiger partial charge >= 0.3 is 0 Å². The van der Waals surface area contributed by atoms with Gasteiger partial charge in [0.2, 0.25) is 0 Å². The Morgan fingerprint density at radius 2 is 1.83 bits per heavy atom. The first-order valence-corrected chi connectivity index (χ1v) is 10.5. The normalized spacial score (nSPS) is 14.9. The molecular weight excluding hydrogens is 391 g/mol. The van der Waals surface area contributed by atoms with E-state index in [1.54, 1.807) is 16.2 Å². The second-order valence-electron chi connectivity index (χ2n) is 7.30. The van der Waals surface area contributed by atoms with Crippen LogP contribution in [0.25, 0.3) is 10.2 Å². The molecule has 0 unspecified atom stereocenters. The number of carbonyl (C=O) groups is 1. The minimum Gasteiger partial charge on any atom is -0.484 e. The van der Waals surface area contributed by atoms with Crippen LogP contribution in [-0.4, -0.2) is 41.6 Å². The number of aryl methyl sites for hydroxylation is 2. The van der Waals surface area contributed by atoms with Gasteiger partial charge in [-0.25, -0.2) is 9.37 Å². The topological polar surface area (TPSA) is 51.7 Å². The number of amides is 1. The van der Waals surface area contributed by atoms with Crippen LogP contribution < -0.4 is 9.47 Å². The molecule has 0 radical (unpaired) electrons. The van der Waals surface area contributed by atoms with Crippen molar-refractivity contribution in [2.24, 2.45) is 0 Å². The number of hydrogen-bond acceptors (Lipinski definition) is 5. The first-order valence-electron chi connectivity index (χ1n) is 9.69. The van der Waals surface area contributed by atoms with E-state index in [0.29, 0.717) is 24.0 Å². The van der Waals surface area contributed by atoms with E-state index in [0.717, 1.165) is 23.9 Å². The highest BCUT2D eigenvalue weighted by molar-refractivity contribution is 7.20. The number of halogens is 1. The molecule has 1 aliphatic heterocycles. The Morgan fingerprint density at radius 1 is 1.14 bits per heavy atom. The van der Waals surface area contributed by atoms with Gasteiger partial charge in [0, 0.05) is 25.9 Å². The number of carbonyl (C=O) groups excluding carboxylic acids is 1. The zero-order valence-electron chi connectivity index (χ0n) is 16.5. The summed E-state index contributed by atoms with van der Waals surface area (Å²) in [5.41, 5.74) is 3.37. The number of fused-ring (bicyclic) bond motifs is 1. The molecule has 1 aromatic heterocycles. The molecular formula is C22H23FN2O3S. The predicted octanol–water partition coefficient (Wildman–Crippen LogP) is 4.50. The third-order valence-electron chi connectivity index (χ3n) is 5.16. The number of ether oxygens (including phenoxy) is 2. The number of hydrogen-bond donors (Lipinski definition) is 0. The summed E-state index contributed by atoms with van der Waals surface area (Å²) in [7, 11) is 0. The first-order chi connectivity index (χ1) is 14.0. The lowest BCUT2D eigenvalue weighted by atomic mass is 10.1. The first kappa shape index (κ1) is 19.6. The highest BCUT2D eigenvalue weighted by Crippen LogP contribution is 2.33. The Morgan fingerprint density at radius 3 is 2.52 bits per heavy atom. The molecule has 1 fully saturated rings. The quantitative estimate of drug-likeness (QED) is 0.617. The molecule has 0 aliphatic carbocycles. The number of thiazole rings is 1. The van der Waals surface area contributed by atoms with Crippen molar-refractivity contribution in [1.82, 2.24) is 9.88 Å². The SMILES string of the molecule is Cc1ccc(C)c2sc(OC3CCN(C(=O)COc4ccc(F)cc4)CC3)nc12. The molecule has 1 saturated heterocycles. The maximum absolute atomic E-state index is 12.9. The highest BCUT2D eigenvalue weighted by Gasteiger charge is 2.25. The van der Waals surface area contributed by atoms with Gasteiger partial charge in [0.25, 0.3) is 11.1 Å². The molecule has 1 amide bonds. The predicted molar refractivity (Wildman–Crippen MR) is 111 cm³/mol. The van der Waals surface area contributed by atoms with E-state index < -0.39 is 0 Å². The Labute approximate surface area is 173 Å². The largest absolute Gasteiger partial charge is 0.484 e. The molecule has 7 heteroatoms. The lowest BCUT2D eigenvalue weighted by Gasteiger charge is -2.31. The van der Waals surface area contributed by atoms with Gasteiger partial charge < -0.3 is 14.4 Å². The smallest absolute Gasteiger partial charge is 0.274 e. The average Bonchev–Trinajstić information content (AvgIpc) is 3.16. The van der Waals surface area contributed by atoms with E-state index in [-0.39, 0.29) is 24.4 Å². The van der Waals surface area contributed by atoms with Gasteiger partial charge in [-0.05, 0) is 49.2 Å². The average molecular weight is 415 g/mol. The van der Waals surface area contributed by atoms with Crippen molar-refractivity contribution in [3.05, 3.63) is 53.3 Å². The summed E-state index contributed by atoms with van der Waals surface area (Å²) in [5.74, 6) is 0.0857. The van der Waals surface area contributed by atoms with Crippen LogP contribution in [0, 0.1) is 19.7 Å². The van der Waals surface area contributed by atoms with Crippen molar-refractivity contribution < 1.29 is 18.7 Å². The van der Waals surface area contributed by atoms with Crippen LogP contribution in [0.5, 0.6) is 10.9 Å². The molecule has 0 saturated carbocycles. The summed E-state index contributed by atoms with van der Waals surface area (Å²) in [4.78, 5) is 18.8. The Balaban J connectivity index is 1.29. The minimum absolute atomic E-state index is 0.0480. The summed E-state index contributed by atoms with van der Waals surface area (Å²) in [6.07, 6.45) is 1.57. The fourth-order valence-electron chi connectivity index (χ4n) is 3.42. The Kier molecular flexibility index (Phi) is 5.67. The van der Waals surface area contributed by atoms with Gasteiger partial charge in [0.05, 0.1) is 10.2 Å². The van der Waals surface area contributed by atoms with Crippen molar-refractivity contribution in [1.29, 1.82) is 0 Å². The van der Waals surface area contributed by atoms with Gasteiger partial charge in [-0.15, -0.1) is 0 Å². The fourth-order valence-corrected chi connectivity index (χ4v) is 4.45. The number of likely N-dealkylation sites (tertiary alicyclic amines) is 1. The third-order valence-corrected chi connectivity index (χ3v) is 6.24. The van der Waals surface area contributed by atoms with Gasteiger partial charge in [-0.3, -0.25) is 4.79 Å². The van der Waals surface area contributed by atoms with E-state index in [4.69, 9.17) is 9.47 Å². The van der Waals surface area contributed by atoms with Crippen LogP contribution in [0.15, 0.2) is 36.4 Å². The lowest BCUT2D eigenvalue weighted by Crippen LogP contribution is -2.43. The molecule has 2 aromatic carbocycles. The molecule has 0 spiro atoms. The molecule has 0 N–H and O–H groups in total. The van der Waals surface area contributed by atoms with Crippen LogP contribution in [0.1, 0.15) is 24.0 Å². The number of benzene rings is 2. The van der Waals surface area contributed by atoms with Crippen molar-refractivity contribution in [3.8, 4) is 10.9 Å². The van der Waals surface area contributed by atoms with E-state index in [2.05, 4.69) is 31.0 Å². The van der Waals surface area contributed by atoms with Crippen LogP contribution >= 0.6 is 11.3 Å². The van der Waals surface area contributed by atoms with E-state index in [1.807, 2.05) is 0 Å². The Bertz CT molecular complexity index is 972. The summed E-state index contributed by atoms with van der Waals surface area (Å²) in [6, 6.07) is 9.85. The van der Waals surface area contributed by atoms with E-state index in [9.17, 15) is 9.18 Å². The summed E-state index contributed by atoms with van der Waals surface area (Å²) < 4.78 is 25.7. The van der Waals surface area contributed by atoms with Crippen molar-refractivity contribution in [3.63, 3.8) is 0 Å². The number of aromatic nitrogens is 1. The van der Waals surface area contributed by atoms with E-state index in [1.165, 1.54) is 34.5 Å². The Hall–Kier alpha value is -2.67. The zero-order chi connectivity index (χ0) is 20.4. The molecule has 0 bridgehead atoms. The van der Waals surface area contributed by atoms with Crippen LogP contribution in [0.3, 0.4) is 0 Å². The molecule has 29 heavy (non-hydrogen) atoms. The third kappa shape index (κ3) is 4.50. The summed E-state index contributed by atoms with van der Waals surface area (Å²) >= 11 is 1.58. The van der Waals surface area contributed by atoms with Crippen molar-refractivity contribution in [2.45, 2.75) is 32.8 Å². The maximum atomic E-state index is 12.9. The lowest BCUT2D eigenvalue weighted by molar-refractivity contribution is -0.135. The standard InChI is InChI=1S/C22H23FN2O3S/c1-14-3-4-15(2)21-20(14)24-22(29-21)28-18-9-11-25(12-10-18)19(26)13-27-17-7-5-16(23)6-8-17/h3-8,18H,9-13H2,1-2H3. The number of rotatable bonds is 5. The highest BCUT2D eigenvalue weighted by atomic mass is 32.1. The van der Waals surface area contributed by atoms with Crippen LogP contribution in [0.2, 0.25) is 0 Å². The monoisotopic (exact) mass is 414 g/mol. The van der Waals surface area contributed by atoms with E-state index >= 15 is 0 Å². The molecule has 152 valence electrons. The summed E-state index contributed by atoms with van der Waals surface area (Å²) in [5, 5.41) is 0.696. The van der Waals surface area contributed by atoms with Crippen molar-refractivity contribution >= 4 is 27.5 Å². The van der Waals surface area contributed by atoms with Gasteiger partial charge in [-0.2, -0.15) is 0 Å². The fraction of sp³-hybridized carbons (Fsp3) is 0.364. The number of piperidine rings is 1. The summed E-state index contributed by atoms with van der Waals surface area (Å²) in [6.45, 7) is 5.34. The van der Waals surface area contributed by atoms with Crippen molar-refractivity contribution in [2.75, 3.05) is 19.7 Å². The molecule has 1 aliphatic rings. The van der Waals surface area contributed by atoms with Crippen LogP contribution in [0.4, 0.5) is 4.39 Å². The van der Waals surface area contributed by atoms with Gasteiger partial charge in [0.1, 0.15) is 17.7 Å². The van der Waals surface area contributed by atoms with Crippen LogP contribution in [-0.2, 0) is 4.79 Å². The van der Waals surface area contributed by atoms with Gasteiger partial charge in [0.15, 0.2) is 6.61 Å². The number of nitrogens with zero attached hydrogens (tertiary/aromatic N) is 2. The molecule has 4 rings (SSSR count). The molecule has 3 aromatic rings. The second kappa shape index (κ2) is 8.37. The second-order valence-corrected chi connectivity index (χ2v) is 8.26. The maximum Gasteiger partial charge on any atom is 0.274 e. The minimum atomic E-state index is -0.329. The molecule has 5 nitrogen and oxygen atoms in total. The van der Waals surface area contributed by atoms with Gasteiger partial charge in [-0.1, -0.05) is 23.5 Å². The zero-order valence-corrected chi connectivity index (χ0v) is 17.3.